The maximum Gasteiger partial charge on any atom is 0.407 e. The number of aliphatic carboxylic acids is 1. The van der Waals surface area contributed by atoms with E-state index in [2.05, 4.69) is 29.6 Å². The molecule has 7 heteroatoms. The number of hydrogen-bond donors (Lipinski definition) is 2. The Balaban J connectivity index is 1.10. The Labute approximate surface area is 198 Å². The maximum atomic E-state index is 13.3. The van der Waals surface area contributed by atoms with E-state index in [9.17, 15) is 14.4 Å². The maximum absolute atomic E-state index is 13.3. The van der Waals surface area contributed by atoms with Crippen LogP contribution in [-0.2, 0) is 14.3 Å². The van der Waals surface area contributed by atoms with E-state index in [1.54, 1.807) is 4.90 Å². The molecule has 3 fully saturated rings. The van der Waals surface area contributed by atoms with Crippen molar-refractivity contribution in [3.63, 3.8) is 0 Å². The molecule has 2 aromatic carbocycles. The Hall–Kier alpha value is -3.35. The molecule has 1 spiro atoms. The molecule has 4 aliphatic rings. The lowest BCUT2D eigenvalue weighted by molar-refractivity contribution is -0.156. The minimum Gasteiger partial charge on any atom is -0.481 e. The summed E-state index contributed by atoms with van der Waals surface area (Å²) in [5.74, 6) is -1.36. The van der Waals surface area contributed by atoms with Crippen molar-refractivity contribution in [2.75, 3.05) is 26.2 Å². The zero-order chi connectivity index (χ0) is 23.5. The molecule has 0 radical (unpaired) electrons. The molecule has 2 aromatic rings. The van der Waals surface area contributed by atoms with Crippen molar-refractivity contribution in [3.05, 3.63) is 59.7 Å². The van der Waals surface area contributed by atoms with Gasteiger partial charge in [-0.15, -0.1) is 0 Å². The minimum absolute atomic E-state index is 0.0105. The molecule has 0 aromatic heterocycles. The molecule has 0 bridgehead atoms. The van der Waals surface area contributed by atoms with Gasteiger partial charge in [-0.25, -0.2) is 4.79 Å². The monoisotopic (exact) mass is 460 g/mol. The smallest absolute Gasteiger partial charge is 0.407 e. The van der Waals surface area contributed by atoms with E-state index in [-0.39, 0.29) is 43.5 Å². The summed E-state index contributed by atoms with van der Waals surface area (Å²) < 4.78 is 5.66. The highest BCUT2D eigenvalue weighted by atomic mass is 16.5. The number of nitrogens with zero attached hydrogens (tertiary/aromatic N) is 1. The third-order valence-electron chi connectivity index (χ3n) is 8.65. The summed E-state index contributed by atoms with van der Waals surface area (Å²) in [6.07, 6.45) is 3.32. The minimum atomic E-state index is -0.857. The van der Waals surface area contributed by atoms with Crippen LogP contribution in [0.5, 0.6) is 0 Å². The number of alkyl carbamates (subject to hydrolysis) is 1. The highest BCUT2D eigenvalue weighted by Gasteiger charge is 2.74. The zero-order valence-electron chi connectivity index (χ0n) is 19.0. The quantitative estimate of drug-likeness (QED) is 0.686. The highest BCUT2D eigenvalue weighted by molar-refractivity contribution is 5.90. The Kier molecular flexibility index (Phi) is 4.73. The molecule has 1 heterocycles. The van der Waals surface area contributed by atoms with Crippen molar-refractivity contribution in [1.82, 2.24) is 10.2 Å². The first-order valence-electron chi connectivity index (χ1n) is 12.1. The standard InChI is InChI=1S/C27H28N2O5/c30-23(31)17-12-29(13-17)24(32)27(15-26(27)10-5-11-26)16-28-25(33)34-14-22-20-8-3-1-6-18(20)19-7-2-4-9-21(19)22/h1-4,6-9,17,22H,5,10-16H2,(H,28,33)(H,30,31). The molecule has 1 atom stereocenters. The summed E-state index contributed by atoms with van der Waals surface area (Å²) in [6, 6.07) is 16.4. The molecule has 1 saturated heterocycles. The fourth-order valence-corrected chi connectivity index (χ4v) is 6.40. The second-order valence-corrected chi connectivity index (χ2v) is 10.3. The number of carboxylic acid groups (broad SMARTS) is 1. The van der Waals surface area contributed by atoms with E-state index in [1.807, 2.05) is 24.3 Å². The number of carbonyl (C=O) groups is 3. The molecule has 2 saturated carbocycles. The van der Waals surface area contributed by atoms with Gasteiger partial charge < -0.3 is 20.1 Å². The Bertz CT molecular complexity index is 1140. The molecule has 2 N–H and O–H groups in total. The lowest BCUT2D eigenvalue weighted by atomic mass is 9.74. The fraction of sp³-hybridized carbons (Fsp3) is 0.444. The number of nitrogens with one attached hydrogen (secondary N) is 1. The van der Waals surface area contributed by atoms with Crippen LogP contribution in [0.25, 0.3) is 11.1 Å². The van der Waals surface area contributed by atoms with E-state index in [0.29, 0.717) is 0 Å². The molecular weight excluding hydrogens is 432 g/mol. The number of carboxylic acids is 1. The van der Waals surface area contributed by atoms with Crippen LogP contribution in [-0.4, -0.2) is 54.2 Å². The van der Waals surface area contributed by atoms with Gasteiger partial charge in [0.25, 0.3) is 0 Å². The SMILES string of the molecule is O=C(NCC1(C(=O)N2CC(C(=O)O)C2)CC12CCC2)OCC1c2ccccc2-c2ccccc21. The summed E-state index contributed by atoms with van der Waals surface area (Å²) in [5, 5.41) is 12.0. The van der Waals surface area contributed by atoms with Crippen molar-refractivity contribution >= 4 is 18.0 Å². The average Bonchev–Trinajstić information content (AvgIpc) is 3.39. The van der Waals surface area contributed by atoms with Crippen LogP contribution in [0.2, 0.25) is 0 Å². The Morgan fingerprint density at radius 2 is 1.62 bits per heavy atom. The number of ether oxygens (including phenoxy) is 1. The topological polar surface area (TPSA) is 95.9 Å². The van der Waals surface area contributed by atoms with Crippen molar-refractivity contribution in [1.29, 1.82) is 0 Å². The molecule has 3 aliphatic carbocycles. The predicted molar refractivity (Wildman–Crippen MR) is 124 cm³/mol. The van der Waals surface area contributed by atoms with E-state index < -0.39 is 23.4 Å². The first kappa shape index (κ1) is 21.2. The normalized spacial score (nSPS) is 23.9. The van der Waals surface area contributed by atoms with Crippen LogP contribution in [0, 0.1) is 16.7 Å². The van der Waals surface area contributed by atoms with E-state index in [0.717, 1.165) is 36.8 Å². The molecule has 1 unspecified atom stereocenters. The molecule has 2 amide bonds. The van der Waals surface area contributed by atoms with Crippen LogP contribution >= 0.6 is 0 Å². The zero-order valence-corrected chi connectivity index (χ0v) is 19.0. The van der Waals surface area contributed by atoms with Gasteiger partial charge in [-0.05, 0) is 46.9 Å². The Morgan fingerprint density at radius 1 is 1.00 bits per heavy atom. The van der Waals surface area contributed by atoms with Crippen LogP contribution in [0.4, 0.5) is 4.79 Å². The van der Waals surface area contributed by atoms with Crippen LogP contribution < -0.4 is 5.32 Å². The van der Waals surface area contributed by atoms with Gasteiger partial charge in [-0.1, -0.05) is 55.0 Å². The van der Waals surface area contributed by atoms with Crippen molar-refractivity contribution < 1.29 is 24.2 Å². The van der Waals surface area contributed by atoms with Gasteiger partial charge in [0.05, 0.1) is 11.3 Å². The van der Waals surface area contributed by atoms with E-state index in [4.69, 9.17) is 9.84 Å². The molecule has 176 valence electrons. The summed E-state index contributed by atoms with van der Waals surface area (Å²) in [5.41, 5.74) is 4.02. The summed E-state index contributed by atoms with van der Waals surface area (Å²) in [6.45, 7) is 1.00. The van der Waals surface area contributed by atoms with Gasteiger partial charge >= 0.3 is 12.1 Å². The first-order chi connectivity index (χ1) is 16.4. The first-order valence-corrected chi connectivity index (χ1v) is 12.1. The van der Waals surface area contributed by atoms with E-state index >= 15 is 0 Å². The summed E-state index contributed by atoms with van der Waals surface area (Å²) >= 11 is 0. The molecule has 1 aliphatic heterocycles. The summed E-state index contributed by atoms with van der Waals surface area (Å²) in [7, 11) is 0. The number of fused-ring (bicyclic) bond motifs is 3. The molecule has 7 nitrogen and oxygen atoms in total. The van der Waals surface area contributed by atoms with Crippen molar-refractivity contribution in [2.24, 2.45) is 16.7 Å². The molecule has 6 rings (SSSR count). The lowest BCUT2D eigenvalue weighted by Gasteiger charge is -2.41. The third-order valence-corrected chi connectivity index (χ3v) is 8.65. The van der Waals surface area contributed by atoms with Gasteiger partial charge in [-0.3, -0.25) is 9.59 Å². The van der Waals surface area contributed by atoms with Crippen LogP contribution in [0.15, 0.2) is 48.5 Å². The van der Waals surface area contributed by atoms with Gasteiger partial charge in [0, 0.05) is 25.6 Å². The van der Waals surface area contributed by atoms with Crippen molar-refractivity contribution in [2.45, 2.75) is 31.6 Å². The number of amides is 2. The third kappa shape index (κ3) is 3.06. The highest BCUT2D eigenvalue weighted by Crippen LogP contribution is 2.74. The van der Waals surface area contributed by atoms with Gasteiger partial charge in [0.15, 0.2) is 0 Å². The Morgan fingerprint density at radius 3 is 2.15 bits per heavy atom. The number of carbonyl (C=O) groups excluding carboxylic acids is 2. The molecule has 34 heavy (non-hydrogen) atoms. The number of likely N-dealkylation sites (tertiary alicyclic amines) is 1. The van der Waals surface area contributed by atoms with Gasteiger partial charge in [-0.2, -0.15) is 0 Å². The second kappa shape index (κ2) is 7.58. The largest absolute Gasteiger partial charge is 0.481 e. The van der Waals surface area contributed by atoms with Crippen LogP contribution in [0.3, 0.4) is 0 Å². The number of rotatable bonds is 6. The summed E-state index contributed by atoms with van der Waals surface area (Å²) in [4.78, 5) is 38.8. The fourth-order valence-electron chi connectivity index (χ4n) is 6.40. The lowest BCUT2D eigenvalue weighted by Crippen LogP contribution is -2.57. The van der Waals surface area contributed by atoms with E-state index in [1.165, 1.54) is 11.1 Å². The van der Waals surface area contributed by atoms with Crippen LogP contribution in [0.1, 0.15) is 42.7 Å². The number of hydrogen-bond acceptors (Lipinski definition) is 4. The second-order valence-electron chi connectivity index (χ2n) is 10.3. The predicted octanol–water partition coefficient (Wildman–Crippen LogP) is 3.63. The van der Waals surface area contributed by atoms with Gasteiger partial charge in [0.1, 0.15) is 6.61 Å². The van der Waals surface area contributed by atoms with Crippen molar-refractivity contribution in [3.8, 4) is 11.1 Å². The average molecular weight is 461 g/mol. The number of benzene rings is 2. The molecular formula is C27H28N2O5. The van der Waals surface area contributed by atoms with Gasteiger partial charge in [0.2, 0.25) is 5.91 Å².